The highest BCUT2D eigenvalue weighted by Crippen LogP contribution is 2.48. The summed E-state index contributed by atoms with van der Waals surface area (Å²) in [5.41, 5.74) is 2.96. The van der Waals surface area contributed by atoms with Gasteiger partial charge in [0.1, 0.15) is 5.75 Å². The molecule has 3 aliphatic heterocycles. The summed E-state index contributed by atoms with van der Waals surface area (Å²) in [5.74, 6) is 0.738. The van der Waals surface area contributed by atoms with Gasteiger partial charge in [0.2, 0.25) is 5.91 Å². The molecular formula is C29H34N4O4. The molecule has 194 valence electrons. The van der Waals surface area contributed by atoms with Crippen LogP contribution in [-0.2, 0) is 19.9 Å². The zero-order valence-electron chi connectivity index (χ0n) is 21.5. The highest BCUT2D eigenvalue weighted by atomic mass is 16.5. The lowest BCUT2D eigenvalue weighted by atomic mass is 9.76. The summed E-state index contributed by atoms with van der Waals surface area (Å²) in [7, 11) is 1.66. The molecule has 2 aromatic carbocycles. The van der Waals surface area contributed by atoms with Crippen molar-refractivity contribution in [3.8, 4) is 5.75 Å². The molecule has 0 unspecified atom stereocenters. The molecule has 0 aliphatic carbocycles. The first-order chi connectivity index (χ1) is 18.0. The van der Waals surface area contributed by atoms with E-state index in [2.05, 4.69) is 28.1 Å². The van der Waals surface area contributed by atoms with Crippen LogP contribution in [0.4, 0.5) is 0 Å². The Labute approximate surface area is 217 Å². The van der Waals surface area contributed by atoms with E-state index in [4.69, 9.17) is 9.47 Å². The number of carbonyl (C=O) groups excluding carboxylic acids is 2. The van der Waals surface area contributed by atoms with E-state index in [0.717, 1.165) is 72.7 Å². The Morgan fingerprint density at radius 3 is 2.57 bits per heavy atom. The Kier molecular flexibility index (Phi) is 6.16. The van der Waals surface area contributed by atoms with Crippen molar-refractivity contribution < 1.29 is 19.1 Å². The lowest BCUT2D eigenvalue weighted by Gasteiger charge is -2.51. The number of benzene rings is 2. The Morgan fingerprint density at radius 1 is 1.05 bits per heavy atom. The standard InChI is InChI=1S/C29H34N4O4/c1-29-27-26(22-6-3-4-7-24(22)30-27)23(20-8-10-21(36-2)11-9-20)18-33(29)25(34)19-32(28(29)35)13-5-12-31-14-16-37-17-15-31/h3-4,6-11,23,30H,5,12-19H2,1-2H3/t23-,29-/m0/s1. The van der Waals surface area contributed by atoms with Crippen LogP contribution < -0.4 is 4.74 Å². The van der Waals surface area contributed by atoms with Crippen LogP contribution in [0.1, 0.15) is 36.1 Å². The van der Waals surface area contributed by atoms with Gasteiger partial charge in [0.05, 0.1) is 32.6 Å². The van der Waals surface area contributed by atoms with Crippen molar-refractivity contribution >= 4 is 22.7 Å². The van der Waals surface area contributed by atoms with Crippen molar-refractivity contribution in [1.29, 1.82) is 0 Å². The van der Waals surface area contributed by atoms with Crippen molar-refractivity contribution in [2.75, 3.05) is 59.6 Å². The maximum absolute atomic E-state index is 14.1. The number of hydrogen-bond donors (Lipinski definition) is 1. The van der Waals surface area contributed by atoms with Gasteiger partial charge in [-0.05, 0) is 42.7 Å². The number of nitrogens with zero attached hydrogens (tertiary/aromatic N) is 3. The second kappa shape index (κ2) is 9.50. The third kappa shape index (κ3) is 3.99. The molecule has 3 aliphatic rings. The molecule has 2 amide bonds. The molecule has 0 saturated carbocycles. The molecule has 8 nitrogen and oxygen atoms in total. The van der Waals surface area contributed by atoms with E-state index in [0.29, 0.717) is 13.1 Å². The van der Waals surface area contributed by atoms with Gasteiger partial charge in [0, 0.05) is 49.5 Å². The van der Waals surface area contributed by atoms with Crippen LogP contribution in [0.2, 0.25) is 0 Å². The largest absolute Gasteiger partial charge is 0.497 e. The Balaban J connectivity index is 1.36. The fourth-order valence-electron chi connectivity index (χ4n) is 6.30. The van der Waals surface area contributed by atoms with Gasteiger partial charge in [0.15, 0.2) is 5.54 Å². The Hall–Kier alpha value is -3.36. The molecule has 2 fully saturated rings. The summed E-state index contributed by atoms with van der Waals surface area (Å²) in [6.07, 6.45) is 0.836. The smallest absolute Gasteiger partial charge is 0.254 e. The molecule has 8 heteroatoms. The Morgan fingerprint density at radius 2 is 1.81 bits per heavy atom. The van der Waals surface area contributed by atoms with Crippen molar-refractivity contribution in [3.05, 3.63) is 65.4 Å². The number of H-pyrrole nitrogens is 1. The number of rotatable bonds is 6. The second-order valence-electron chi connectivity index (χ2n) is 10.4. The van der Waals surface area contributed by atoms with E-state index in [-0.39, 0.29) is 24.3 Å². The first-order valence-electron chi connectivity index (χ1n) is 13.2. The van der Waals surface area contributed by atoms with Gasteiger partial charge in [-0.15, -0.1) is 0 Å². The third-order valence-corrected chi connectivity index (χ3v) is 8.34. The van der Waals surface area contributed by atoms with E-state index in [1.54, 1.807) is 16.9 Å². The van der Waals surface area contributed by atoms with Crippen LogP contribution in [0.15, 0.2) is 48.5 Å². The minimum absolute atomic E-state index is 0.00343. The van der Waals surface area contributed by atoms with Crippen LogP contribution in [-0.4, -0.2) is 91.1 Å². The highest BCUT2D eigenvalue weighted by molar-refractivity contribution is 6.01. The monoisotopic (exact) mass is 502 g/mol. The fraction of sp³-hybridized carbons (Fsp3) is 0.448. The zero-order valence-corrected chi connectivity index (χ0v) is 21.5. The summed E-state index contributed by atoms with van der Waals surface area (Å²) in [4.78, 5) is 37.3. The fourth-order valence-corrected chi connectivity index (χ4v) is 6.30. The van der Waals surface area contributed by atoms with Crippen LogP contribution in [0.3, 0.4) is 0 Å². The maximum Gasteiger partial charge on any atom is 0.254 e. The molecule has 0 bridgehead atoms. The normalized spacial score (nSPS) is 24.3. The number of aromatic nitrogens is 1. The minimum atomic E-state index is -1.06. The molecule has 2 saturated heterocycles. The number of aromatic amines is 1. The molecule has 2 atom stereocenters. The number of ether oxygens (including phenoxy) is 2. The third-order valence-electron chi connectivity index (χ3n) is 8.34. The van der Waals surface area contributed by atoms with Gasteiger partial charge >= 0.3 is 0 Å². The van der Waals surface area contributed by atoms with Gasteiger partial charge < -0.3 is 24.3 Å². The van der Waals surface area contributed by atoms with Gasteiger partial charge in [0.25, 0.3) is 5.91 Å². The van der Waals surface area contributed by atoms with Gasteiger partial charge in [-0.25, -0.2) is 0 Å². The van der Waals surface area contributed by atoms with Crippen LogP contribution in [0, 0.1) is 0 Å². The first-order valence-corrected chi connectivity index (χ1v) is 13.2. The lowest BCUT2D eigenvalue weighted by molar-refractivity contribution is -0.166. The summed E-state index contributed by atoms with van der Waals surface area (Å²) < 4.78 is 10.8. The van der Waals surface area contributed by atoms with Crippen molar-refractivity contribution in [2.24, 2.45) is 0 Å². The number of morpholine rings is 1. The topological polar surface area (TPSA) is 78.1 Å². The van der Waals surface area contributed by atoms with E-state index in [1.165, 1.54) is 0 Å². The lowest BCUT2D eigenvalue weighted by Crippen LogP contribution is -2.67. The summed E-state index contributed by atoms with van der Waals surface area (Å²) >= 11 is 0. The van der Waals surface area contributed by atoms with Crippen LogP contribution in [0.25, 0.3) is 10.9 Å². The predicted molar refractivity (Wildman–Crippen MR) is 141 cm³/mol. The number of piperazine rings is 1. The van der Waals surface area contributed by atoms with Crippen LogP contribution in [0.5, 0.6) is 5.75 Å². The van der Waals surface area contributed by atoms with Crippen LogP contribution >= 0.6 is 0 Å². The molecule has 1 N–H and O–H groups in total. The predicted octanol–water partition coefficient (Wildman–Crippen LogP) is 2.93. The summed E-state index contributed by atoms with van der Waals surface area (Å²) in [6.45, 7) is 7.33. The quantitative estimate of drug-likeness (QED) is 0.561. The van der Waals surface area contributed by atoms with Gasteiger partial charge in [-0.3, -0.25) is 14.5 Å². The SMILES string of the molecule is COc1ccc([C@@H]2CN3C(=O)CN(CCCN4CCOCC4)C(=O)[C@]3(C)c3[nH]c4ccccc4c32)cc1. The second-order valence-corrected chi connectivity index (χ2v) is 10.4. The number of amides is 2. The molecule has 0 radical (unpaired) electrons. The first kappa shape index (κ1) is 24.0. The number of hydrogen-bond acceptors (Lipinski definition) is 5. The maximum atomic E-state index is 14.1. The van der Waals surface area contributed by atoms with Crippen molar-refractivity contribution in [1.82, 2.24) is 19.7 Å². The number of para-hydroxylation sites is 1. The van der Waals surface area contributed by atoms with Crippen molar-refractivity contribution in [3.63, 3.8) is 0 Å². The molecule has 6 rings (SSSR count). The molecule has 4 heterocycles. The number of carbonyl (C=O) groups is 2. The zero-order chi connectivity index (χ0) is 25.6. The molecule has 3 aromatic rings. The molecular weight excluding hydrogens is 468 g/mol. The minimum Gasteiger partial charge on any atom is -0.497 e. The van der Waals surface area contributed by atoms with E-state index in [9.17, 15) is 9.59 Å². The summed E-state index contributed by atoms with van der Waals surface area (Å²) in [6, 6.07) is 16.2. The average Bonchev–Trinajstić information content (AvgIpc) is 3.33. The average molecular weight is 503 g/mol. The summed E-state index contributed by atoms with van der Waals surface area (Å²) in [5, 5.41) is 1.10. The van der Waals surface area contributed by atoms with Gasteiger partial charge in [-0.2, -0.15) is 0 Å². The number of nitrogens with one attached hydrogen (secondary N) is 1. The molecule has 0 spiro atoms. The van der Waals surface area contributed by atoms with Gasteiger partial charge in [-0.1, -0.05) is 30.3 Å². The molecule has 37 heavy (non-hydrogen) atoms. The van der Waals surface area contributed by atoms with E-state index >= 15 is 0 Å². The molecule has 1 aromatic heterocycles. The number of methoxy groups -OCH3 is 1. The van der Waals surface area contributed by atoms with E-state index in [1.807, 2.05) is 37.3 Å². The van der Waals surface area contributed by atoms with Crippen molar-refractivity contribution in [2.45, 2.75) is 24.8 Å². The van der Waals surface area contributed by atoms with E-state index < -0.39 is 5.54 Å². The Bertz CT molecular complexity index is 1310. The number of fused-ring (bicyclic) bond motifs is 5. The highest BCUT2D eigenvalue weighted by Gasteiger charge is 2.56.